The van der Waals surface area contributed by atoms with Crippen molar-refractivity contribution in [3.8, 4) is 0 Å². The zero-order valence-electron chi connectivity index (χ0n) is 28.0. The van der Waals surface area contributed by atoms with Crippen molar-refractivity contribution in [2.24, 2.45) is 5.41 Å². The van der Waals surface area contributed by atoms with E-state index in [0.29, 0.717) is 51.7 Å². The van der Waals surface area contributed by atoms with Gasteiger partial charge in [-0.2, -0.15) is 0 Å². The van der Waals surface area contributed by atoms with Gasteiger partial charge in [0, 0.05) is 38.4 Å². The average molecular weight is 632 g/mol. The number of amides is 5. The lowest BCUT2D eigenvalue weighted by molar-refractivity contribution is -0.134. The van der Waals surface area contributed by atoms with Crippen LogP contribution >= 0.6 is 0 Å². The lowest BCUT2D eigenvalue weighted by atomic mass is 9.82. The van der Waals surface area contributed by atoms with Gasteiger partial charge in [0.15, 0.2) is 0 Å². The Balaban J connectivity index is 1.31. The third-order valence-electron chi connectivity index (χ3n) is 10.2. The van der Waals surface area contributed by atoms with Crippen LogP contribution in [0, 0.1) is 5.41 Å². The number of nitrogens with zero attached hydrogens (tertiary/aromatic N) is 4. The standard InChI is InChI=1S/C36H49N5O5/c1-35(2,3)30-29(38(6)34(45)46)20-23-40(30)33(44)37-27(17-16-24-12-8-7-9-13-24)31(42)39-21-18-25(19-22-39)41-28-15-11-10-14-26(28)36(4,5)32(41)43/h7-15,25,27,29-30H,16-23H2,1-6H3,(H,37,44)(H,45,46)/t27-,29?,30+/m0/s1. The number of carbonyl (C=O) groups is 4. The molecule has 0 spiro atoms. The Kier molecular flexibility index (Phi) is 9.38. The molecular weight excluding hydrogens is 582 g/mol. The highest BCUT2D eigenvalue weighted by molar-refractivity contribution is 6.08. The fourth-order valence-corrected chi connectivity index (χ4v) is 7.71. The van der Waals surface area contributed by atoms with Crippen molar-refractivity contribution >= 4 is 29.6 Å². The molecule has 5 amide bonds. The fourth-order valence-electron chi connectivity index (χ4n) is 7.71. The smallest absolute Gasteiger partial charge is 0.407 e. The maximum absolute atomic E-state index is 14.1. The van der Waals surface area contributed by atoms with Crippen LogP contribution < -0.4 is 10.2 Å². The van der Waals surface area contributed by atoms with Crippen molar-refractivity contribution in [1.29, 1.82) is 0 Å². The van der Waals surface area contributed by atoms with E-state index in [2.05, 4.69) is 5.32 Å². The number of nitrogens with one attached hydrogen (secondary N) is 1. The first-order valence-electron chi connectivity index (χ1n) is 16.5. The third kappa shape index (κ3) is 6.44. The molecule has 3 aliphatic rings. The van der Waals surface area contributed by atoms with Gasteiger partial charge in [-0.1, -0.05) is 69.3 Å². The van der Waals surface area contributed by atoms with E-state index in [4.69, 9.17) is 0 Å². The highest BCUT2D eigenvalue weighted by Crippen LogP contribution is 2.43. The van der Waals surface area contributed by atoms with E-state index in [1.807, 2.05) is 99.0 Å². The van der Waals surface area contributed by atoms with Crippen molar-refractivity contribution in [1.82, 2.24) is 20.0 Å². The van der Waals surface area contributed by atoms with Crippen LogP contribution in [0.25, 0.3) is 0 Å². The van der Waals surface area contributed by atoms with E-state index in [-0.39, 0.29) is 41.4 Å². The van der Waals surface area contributed by atoms with Gasteiger partial charge in [-0.3, -0.25) is 9.59 Å². The van der Waals surface area contributed by atoms with Crippen LogP contribution in [0.4, 0.5) is 15.3 Å². The second-order valence-corrected chi connectivity index (χ2v) is 14.7. The normalized spacial score (nSPS) is 22.0. The second kappa shape index (κ2) is 13.0. The van der Waals surface area contributed by atoms with E-state index in [1.165, 1.54) is 4.90 Å². The summed E-state index contributed by atoms with van der Waals surface area (Å²) in [5.74, 6) is -0.0285. The first kappa shape index (κ1) is 33.3. The number of para-hydroxylation sites is 1. The summed E-state index contributed by atoms with van der Waals surface area (Å²) >= 11 is 0. The van der Waals surface area contributed by atoms with Crippen LogP contribution in [0.2, 0.25) is 0 Å². The van der Waals surface area contributed by atoms with E-state index in [0.717, 1.165) is 16.8 Å². The summed E-state index contributed by atoms with van der Waals surface area (Å²) in [5, 5.41) is 12.8. The van der Waals surface area contributed by atoms with Crippen molar-refractivity contribution in [3.63, 3.8) is 0 Å². The number of likely N-dealkylation sites (tertiary alicyclic amines) is 2. The Morgan fingerprint density at radius 2 is 1.61 bits per heavy atom. The molecule has 2 aromatic carbocycles. The molecule has 0 aliphatic carbocycles. The number of aryl methyl sites for hydroxylation is 1. The van der Waals surface area contributed by atoms with Gasteiger partial charge < -0.3 is 30.0 Å². The van der Waals surface area contributed by atoms with Gasteiger partial charge in [-0.25, -0.2) is 9.59 Å². The predicted molar refractivity (Wildman–Crippen MR) is 178 cm³/mol. The highest BCUT2D eigenvalue weighted by atomic mass is 16.4. The number of anilines is 1. The van der Waals surface area contributed by atoms with Gasteiger partial charge in [0.2, 0.25) is 11.8 Å². The molecule has 5 rings (SSSR count). The predicted octanol–water partition coefficient (Wildman–Crippen LogP) is 5.11. The average Bonchev–Trinajstić information content (AvgIpc) is 3.57. The number of carboxylic acid groups (broad SMARTS) is 1. The molecule has 0 bridgehead atoms. The first-order chi connectivity index (χ1) is 21.7. The summed E-state index contributed by atoms with van der Waals surface area (Å²) in [6.45, 7) is 11.4. The van der Waals surface area contributed by atoms with E-state index in [9.17, 15) is 24.3 Å². The molecule has 2 saturated heterocycles. The van der Waals surface area contributed by atoms with Gasteiger partial charge in [0.25, 0.3) is 0 Å². The summed E-state index contributed by atoms with van der Waals surface area (Å²) < 4.78 is 0. The highest BCUT2D eigenvalue weighted by Gasteiger charge is 2.48. The number of hydrogen-bond acceptors (Lipinski definition) is 4. The molecule has 0 radical (unpaired) electrons. The summed E-state index contributed by atoms with van der Waals surface area (Å²) in [6, 6.07) is 16.1. The number of likely N-dealkylation sites (N-methyl/N-ethyl adjacent to an activating group) is 1. The molecule has 2 N–H and O–H groups in total. The lowest BCUT2D eigenvalue weighted by Gasteiger charge is -2.41. The van der Waals surface area contributed by atoms with E-state index >= 15 is 0 Å². The van der Waals surface area contributed by atoms with Gasteiger partial charge in [0.1, 0.15) is 6.04 Å². The first-order valence-corrected chi connectivity index (χ1v) is 16.5. The van der Waals surface area contributed by atoms with E-state index in [1.54, 1.807) is 11.9 Å². The van der Waals surface area contributed by atoms with Crippen molar-refractivity contribution < 1.29 is 24.3 Å². The molecule has 3 atom stereocenters. The number of piperidine rings is 1. The number of fused-ring (bicyclic) bond motifs is 1. The monoisotopic (exact) mass is 631 g/mol. The molecule has 0 saturated carbocycles. The minimum atomic E-state index is -1.02. The lowest BCUT2D eigenvalue weighted by Crippen LogP contribution is -2.59. The van der Waals surface area contributed by atoms with E-state index < -0.39 is 17.6 Å². The van der Waals surface area contributed by atoms with Crippen LogP contribution in [0.5, 0.6) is 0 Å². The molecule has 2 aromatic rings. The second-order valence-electron chi connectivity index (χ2n) is 14.7. The number of carbonyl (C=O) groups excluding carboxylic acids is 3. The van der Waals surface area contributed by atoms with Gasteiger partial charge >= 0.3 is 12.1 Å². The minimum Gasteiger partial charge on any atom is -0.465 e. The zero-order chi connectivity index (χ0) is 33.4. The number of benzene rings is 2. The largest absolute Gasteiger partial charge is 0.465 e. The molecule has 10 heteroatoms. The number of urea groups is 1. The van der Waals surface area contributed by atoms with Gasteiger partial charge in [0.05, 0.1) is 17.5 Å². The SMILES string of the molecule is CN(C(=O)O)C1CCN(C(=O)N[C@@H](CCc2ccccc2)C(=O)N2CCC(N3C(=O)C(C)(C)c4ccccc43)CC2)[C@H]1C(C)(C)C. The fraction of sp³-hybridized carbons (Fsp3) is 0.556. The van der Waals surface area contributed by atoms with Crippen LogP contribution in [-0.4, -0.2) is 94.6 Å². The minimum absolute atomic E-state index is 0.00265. The molecule has 248 valence electrons. The molecule has 1 unspecified atom stereocenters. The summed E-state index contributed by atoms with van der Waals surface area (Å²) in [5.41, 5.74) is 2.11. The Labute approximate surface area is 272 Å². The van der Waals surface area contributed by atoms with Crippen molar-refractivity contribution in [3.05, 3.63) is 65.7 Å². The maximum Gasteiger partial charge on any atom is 0.407 e. The maximum atomic E-state index is 14.1. The Morgan fingerprint density at radius 3 is 2.24 bits per heavy atom. The summed E-state index contributed by atoms with van der Waals surface area (Å²) in [4.78, 5) is 60.2. The molecule has 3 heterocycles. The topological polar surface area (TPSA) is 114 Å². The molecule has 3 aliphatic heterocycles. The van der Waals surface area contributed by atoms with Crippen LogP contribution in [0.3, 0.4) is 0 Å². The van der Waals surface area contributed by atoms with Crippen LogP contribution in [0.1, 0.15) is 71.4 Å². The van der Waals surface area contributed by atoms with Crippen molar-refractivity contribution in [2.75, 3.05) is 31.6 Å². The molecule has 2 fully saturated rings. The molecule has 0 aromatic heterocycles. The molecule has 10 nitrogen and oxygen atoms in total. The van der Waals surface area contributed by atoms with Gasteiger partial charge in [-0.05, 0) is 68.6 Å². The molecule has 46 heavy (non-hydrogen) atoms. The quantitative estimate of drug-likeness (QED) is 0.441. The number of hydrogen-bond donors (Lipinski definition) is 2. The van der Waals surface area contributed by atoms with Crippen LogP contribution in [0.15, 0.2) is 54.6 Å². The Bertz CT molecular complexity index is 1450. The zero-order valence-corrected chi connectivity index (χ0v) is 28.0. The van der Waals surface area contributed by atoms with Crippen LogP contribution in [-0.2, 0) is 21.4 Å². The summed E-state index contributed by atoms with van der Waals surface area (Å²) in [6.07, 6.45) is 1.88. The molecular formula is C36H49N5O5. The van der Waals surface area contributed by atoms with Crippen molar-refractivity contribution in [2.45, 2.75) is 96.3 Å². The Hall–Kier alpha value is -4.08. The van der Waals surface area contributed by atoms with Gasteiger partial charge in [-0.15, -0.1) is 0 Å². The Morgan fingerprint density at radius 1 is 0.978 bits per heavy atom. The third-order valence-corrected chi connectivity index (χ3v) is 10.2. The number of rotatable bonds is 7. The summed E-state index contributed by atoms with van der Waals surface area (Å²) in [7, 11) is 1.55.